The molecule has 0 radical (unpaired) electrons. The van der Waals surface area contributed by atoms with Crippen molar-refractivity contribution < 1.29 is 23.9 Å². The fourth-order valence-electron chi connectivity index (χ4n) is 2.03. The number of imide groups is 1. The van der Waals surface area contributed by atoms with E-state index in [-0.39, 0.29) is 11.5 Å². The fraction of sp³-hybridized carbons (Fsp3) is 0.312. The Labute approximate surface area is 138 Å². The zero-order valence-electron chi connectivity index (χ0n) is 13.1. The summed E-state index contributed by atoms with van der Waals surface area (Å²) in [6.45, 7) is 3.34. The molecule has 6 nitrogen and oxygen atoms in total. The lowest BCUT2D eigenvalue weighted by molar-refractivity contribution is -0.150. The summed E-state index contributed by atoms with van der Waals surface area (Å²) in [5.74, 6) is -0.386. The van der Waals surface area contributed by atoms with Gasteiger partial charge >= 0.3 is 5.97 Å². The number of thioether (sulfide) groups is 1. The second-order valence-electron chi connectivity index (χ2n) is 4.75. The van der Waals surface area contributed by atoms with Crippen molar-refractivity contribution in [3.8, 4) is 5.75 Å². The number of rotatable bonds is 5. The molecule has 1 aromatic rings. The lowest BCUT2D eigenvalue weighted by Crippen LogP contribution is -2.42. The number of nitrogens with zero attached hydrogens (tertiary/aromatic N) is 1. The van der Waals surface area contributed by atoms with Gasteiger partial charge in [0.2, 0.25) is 0 Å². The Morgan fingerprint density at radius 2 is 1.96 bits per heavy atom. The molecule has 1 fully saturated rings. The summed E-state index contributed by atoms with van der Waals surface area (Å²) in [4.78, 5) is 37.4. The van der Waals surface area contributed by atoms with E-state index < -0.39 is 23.2 Å². The van der Waals surface area contributed by atoms with Crippen LogP contribution in [0.4, 0.5) is 4.79 Å². The van der Waals surface area contributed by atoms with E-state index in [9.17, 15) is 14.4 Å². The van der Waals surface area contributed by atoms with Crippen molar-refractivity contribution in [2.75, 3.05) is 13.7 Å². The summed E-state index contributed by atoms with van der Waals surface area (Å²) in [7, 11) is 1.57. The van der Waals surface area contributed by atoms with Crippen LogP contribution in [0.15, 0.2) is 29.2 Å². The molecule has 1 aromatic carbocycles. The van der Waals surface area contributed by atoms with Crippen LogP contribution >= 0.6 is 11.8 Å². The number of amides is 2. The standard InChI is InChI=1S/C16H17NO5S/c1-4-22-15(19)10(2)17-14(18)13(23-16(17)20)9-11-5-7-12(21-3)8-6-11/h5-10H,4H2,1-3H3/b13-9-. The third-order valence-corrected chi connectivity index (χ3v) is 4.14. The first kappa shape index (κ1) is 17.1. The summed E-state index contributed by atoms with van der Waals surface area (Å²) in [6.07, 6.45) is 1.61. The Balaban J connectivity index is 2.19. The van der Waals surface area contributed by atoms with Gasteiger partial charge in [0, 0.05) is 0 Å². The number of carbonyl (C=O) groups excluding carboxylic acids is 3. The highest BCUT2D eigenvalue weighted by Gasteiger charge is 2.41. The van der Waals surface area contributed by atoms with Crippen LogP contribution in [0.25, 0.3) is 6.08 Å². The topological polar surface area (TPSA) is 72.9 Å². The first-order valence-electron chi connectivity index (χ1n) is 7.05. The van der Waals surface area contributed by atoms with Crippen LogP contribution in [-0.4, -0.2) is 41.8 Å². The minimum absolute atomic E-state index is 0.196. The van der Waals surface area contributed by atoms with Gasteiger partial charge in [-0.1, -0.05) is 12.1 Å². The minimum Gasteiger partial charge on any atom is -0.497 e. The first-order valence-corrected chi connectivity index (χ1v) is 7.87. The van der Waals surface area contributed by atoms with Gasteiger partial charge in [0.15, 0.2) is 0 Å². The zero-order valence-corrected chi connectivity index (χ0v) is 13.9. The van der Waals surface area contributed by atoms with Gasteiger partial charge in [0.1, 0.15) is 11.8 Å². The molecule has 122 valence electrons. The van der Waals surface area contributed by atoms with Gasteiger partial charge in [-0.25, -0.2) is 4.79 Å². The number of hydrogen-bond acceptors (Lipinski definition) is 6. The van der Waals surface area contributed by atoms with Crippen LogP contribution in [0.2, 0.25) is 0 Å². The lowest BCUT2D eigenvalue weighted by atomic mass is 10.2. The number of esters is 1. The lowest BCUT2D eigenvalue weighted by Gasteiger charge is -2.19. The molecule has 1 heterocycles. The molecule has 0 saturated carbocycles. The molecule has 7 heteroatoms. The van der Waals surface area contributed by atoms with E-state index in [0.29, 0.717) is 5.75 Å². The third-order valence-electron chi connectivity index (χ3n) is 3.25. The molecule has 0 aromatic heterocycles. The predicted octanol–water partition coefficient (Wildman–Crippen LogP) is 2.68. The van der Waals surface area contributed by atoms with Gasteiger partial charge in [0.25, 0.3) is 11.1 Å². The summed E-state index contributed by atoms with van der Waals surface area (Å²) in [5, 5.41) is -0.477. The molecule has 0 aliphatic carbocycles. The van der Waals surface area contributed by atoms with Crippen molar-refractivity contribution >= 4 is 35.0 Å². The molecule has 1 unspecified atom stereocenters. The second-order valence-corrected chi connectivity index (χ2v) is 5.75. The molecule has 1 atom stereocenters. The Bertz CT molecular complexity index is 653. The first-order chi connectivity index (χ1) is 11.0. The van der Waals surface area contributed by atoms with E-state index in [1.807, 2.05) is 0 Å². The normalized spacial score (nSPS) is 17.5. The van der Waals surface area contributed by atoms with E-state index in [1.165, 1.54) is 6.92 Å². The van der Waals surface area contributed by atoms with Gasteiger partial charge in [-0.2, -0.15) is 0 Å². The molecular formula is C16H17NO5S. The van der Waals surface area contributed by atoms with Crippen LogP contribution in [0, 0.1) is 0 Å². The Kier molecular flexibility index (Phi) is 5.44. The molecule has 0 spiro atoms. The van der Waals surface area contributed by atoms with Gasteiger partial charge in [-0.05, 0) is 49.4 Å². The molecule has 1 aliphatic rings. The average Bonchev–Trinajstić information content (AvgIpc) is 2.81. The van der Waals surface area contributed by atoms with E-state index >= 15 is 0 Å². The highest BCUT2D eigenvalue weighted by atomic mass is 32.2. The minimum atomic E-state index is -0.941. The highest BCUT2D eigenvalue weighted by molar-refractivity contribution is 8.18. The summed E-state index contributed by atoms with van der Waals surface area (Å²) < 4.78 is 9.93. The van der Waals surface area contributed by atoms with Crippen LogP contribution < -0.4 is 4.74 Å². The van der Waals surface area contributed by atoms with E-state index in [4.69, 9.17) is 9.47 Å². The molecule has 0 N–H and O–H groups in total. The molecule has 23 heavy (non-hydrogen) atoms. The molecule has 2 amide bonds. The maximum absolute atomic E-state index is 12.4. The molecule has 0 bridgehead atoms. The average molecular weight is 335 g/mol. The van der Waals surface area contributed by atoms with Crippen LogP contribution in [0.1, 0.15) is 19.4 Å². The number of ether oxygens (including phenoxy) is 2. The number of hydrogen-bond donors (Lipinski definition) is 0. The number of carbonyl (C=O) groups is 3. The van der Waals surface area contributed by atoms with Crippen LogP contribution in [0.3, 0.4) is 0 Å². The number of methoxy groups -OCH3 is 1. The maximum atomic E-state index is 12.4. The number of benzene rings is 1. The highest BCUT2D eigenvalue weighted by Crippen LogP contribution is 2.34. The van der Waals surface area contributed by atoms with Gasteiger partial charge in [-0.3, -0.25) is 14.5 Å². The predicted molar refractivity (Wildman–Crippen MR) is 86.9 cm³/mol. The quantitative estimate of drug-likeness (QED) is 0.608. The van der Waals surface area contributed by atoms with Crippen LogP contribution in [-0.2, 0) is 14.3 Å². The van der Waals surface area contributed by atoms with Crippen molar-refractivity contribution in [1.29, 1.82) is 0 Å². The molecular weight excluding hydrogens is 318 g/mol. The monoisotopic (exact) mass is 335 g/mol. The summed E-state index contributed by atoms with van der Waals surface area (Å²) in [6, 6.07) is 6.14. The third kappa shape index (κ3) is 3.73. The van der Waals surface area contributed by atoms with E-state index in [1.54, 1.807) is 44.4 Å². The summed E-state index contributed by atoms with van der Waals surface area (Å²) >= 11 is 0.810. The second kappa shape index (κ2) is 7.32. The smallest absolute Gasteiger partial charge is 0.329 e. The zero-order chi connectivity index (χ0) is 17.0. The maximum Gasteiger partial charge on any atom is 0.329 e. The SMILES string of the molecule is CCOC(=O)C(C)N1C(=O)S/C(=C\c2ccc(OC)cc2)C1=O. The van der Waals surface area contributed by atoms with Crippen molar-refractivity contribution in [1.82, 2.24) is 4.90 Å². The molecule has 2 rings (SSSR count). The van der Waals surface area contributed by atoms with E-state index in [2.05, 4.69) is 0 Å². The Hall–Kier alpha value is -2.28. The fourth-order valence-corrected chi connectivity index (χ4v) is 2.94. The van der Waals surface area contributed by atoms with Gasteiger partial charge in [0.05, 0.1) is 18.6 Å². The Morgan fingerprint density at radius 3 is 2.52 bits per heavy atom. The van der Waals surface area contributed by atoms with Gasteiger partial charge in [-0.15, -0.1) is 0 Å². The van der Waals surface area contributed by atoms with Crippen molar-refractivity contribution in [3.05, 3.63) is 34.7 Å². The largest absolute Gasteiger partial charge is 0.497 e. The van der Waals surface area contributed by atoms with Crippen LogP contribution in [0.5, 0.6) is 5.75 Å². The van der Waals surface area contributed by atoms with Gasteiger partial charge < -0.3 is 9.47 Å². The summed E-state index contributed by atoms with van der Waals surface area (Å²) in [5.41, 5.74) is 0.764. The van der Waals surface area contributed by atoms with Crippen molar-refractivity contribution in [2.45, 2.75) is 19.9 Å². The molecule has 1 saturated heterocycles. The van der Waals surface area contributed by atoms with E-state index in [0.717, 1.165) is 22.2 Å². The Morgan fingerprint density at radius 1 is 1.30 bits per heavy atom. The molecule has 1 aliphatic heterocycles. The van der Waals surface area contributed by atoms with Crippen molar-refractivity contribution in [3.63, 3.8) is 0 Å². The van der Waals surface area contributed by atoms with Crippen molar-refractivity contribution in [2.24, 2.45) is 0 Å².